The summed E-state index contributed by atoms with van der Waals surface area (Å²) >= 11 is 0. The maximum Gasteiger partial charge on any atom is 0.127 e. The third kappa shape index (κ3) is 3.31. The van der Waals surface area contributed by atoms with Crippen LogP contribution in [0.1, 0.15) is 51.1 Å². The smallest absolute Gasteiger partial charge is 0.127 e. The summed E-state index contributed by atoms with van der Waals surface area (Å²) in [7, 11) is 0. The van der Waals surface area contributed by atoms with Crippen LogP contribution in [0.5, 0.6) is 0 Å². The van der Waals surface area contributed by atoms with Gasteiger partial charge >= 0.3 is 0 Å². The van der Waals surface area contributed by atoms with Crippen LogP contribution in [0.25, 0.3) is 0 Å². The number of rotatable bonds is 6. The second kappa shape index (κ2) is 6.64. The van der Waals surface area contributed by atoms with Gasteiger partial charge in [-0.1, -0.05) is 44.9 Å². The van der Waals surface area contributed by atoms with Gasteiger partial charge < -0.3 is 5.73 Å². The molecule has 0 radical (unpaired) electrons. The lowest BCUT2D eigenvalue weighted by molar-refractivity contribution is 0.360. The van der Waals surface area contributed by atoms with Gasteiger partial charge in [-0.25, -0.2) is 4.39 Å². The standard InChI is InChI=1S/C14H22FN/c1-3-7-11(8-4-2)14(16)12-9-5-6-10-13(12)15/h5-6,9-11,14H,3-4,7-8,16H2,1-2H3. The molecule has 2 heteroatoms. The van der Waals surface area contributed by atoms with Crippen molar-refractivity contribution in [1.29, 1.82) is 0 Å². The number of hydrogen-bond acceptors (Lipinski definition) is 1. The van der Waals surface area contributed by atoms with Crippen LogP contribution in [0.4, 0.5) is 4.39 Å². The molecular formula is C14H22FN. The van der Waals surface area contributed by atoms with Crippen LogP contribution in [0, 0.1) is 11.7 Å². The molecule has 0 amide bonds. The molecule has 1 aromatic carbocycles. The van der Waals surface area contributed by atoms with Gasteiger partial charge in [0, 0.05) is 11.6 Å². The minimum atomic E-state index is -0.174. The molecule has 0 aliphatic rings. The van der Waals surface area contributed by atoms with Gasteiger partial charge in [0.25, 0.3) is 0 Å². The Bertz CT molecular complexity index is 305. The normalized spacial score (nSPS) is 13.1. The molecule has 0 saturated heterocycles. The fourth-order valence-corrected chi connectivity index (χ4v) is 2.24. The Morgan fingerprint density at radius 2 is 1.69 bits per heavy atom. The first kappa shape index (κ1) is 13.2. The Labute approximate surface area is 97.9 Å². The van der Waals surface area contributed by atoms with E-state index in [2.05, 4.69) is 13.8 Å². The molecule has 0 heterocycles. The lowest BCUT2D eigenvalue weighted by atomic mass is 9.86. The van der Waals surface area contributed by atoms with E-state index in [-0.39, 0.29) is 11.9 Å². The second-order valence-electron chi connectivity index (χ2n) is 4.38. The number of nitrogens with two attached hydrogens (primary N) is 1. The Hall–Kier alpha value is -0.890. The predicted octanol–water partition coefficient (Wildman–Crippen LogP) is 4.04. The predicted molar refractivity (Wildman–Crippen MR) is 66.6 cm³/mol. The third-order valence-electron chi connectivity index (χ3n) is 3.09. The quantitative estimate of drug-likeness (QED) is 0.773. The highest BCUT2D eigenvalue weighted by Gasteiger charge is 2.20. The fraction of sp³-hybridized carbons (Fsp3) is 0.571. The molecule has 1 aromatic rings. The molecule has 0 spiro atoms. The minimum absolute atomic E-state index is 0.166. The minimum Gasteiger partial charge on any atom is -0.324 e. The van der Waals surface area contributed by atoms with Crippen LogP contribution >= 0.6 is 0 Å². The van der Waals surface area contributed by atoms with Crippen molar-refractivity contribution >= 4 is 0 Å². The van der Waals surface area contributed by atoms with Crippen molar-refractivity contribution in [2.45, 2.75) is 45.6 Å². The van der Waals surface area contributed by atoms with E-state index in [0.717, 1.165) is 25.7 Å². The van der Waals surface area contributed by atoms with Gasteiger partial charge in [-0.2, -0.15) is 0 Å². The third-order valence-corrected chi connectivity index (χ3v) is 3.09. The lowest BCUT2D eigenvalue weighted by Crippen LogP contribution is -2.22. The van der Waals surface area contributed by atoms with Crippen LogP contribution in [0.2, 0.25) is 0 Å². The van der Waals surface area contributed by atoms with Gasteiger partial charge in [0.15, 0.2) is 0 Å². The Balaban J connectivity index is 2.81. The van der Waals surface area contributed by atoms with Crippen molar-refractivity contribution in [3.8, 4) is 0 Å². The van der Waals surface area contributed by atoms with Crippen molar-refractivity contribution in [3.05, 3.63) is 35.6 Å². The summed E-state index contributed by atoms with van der Waals surface area (Å²) < 4.78 is 13.6. The van der Waals surface area contributed by atoms with E-state index in [9.17, 15) is 4.39 Å². The van der Waals surface area contributed by atoms with Gasteiger partial charge in [-0.15, -0.1) is 0 Å². The number of halogens is 1. The van der Waals surface area contributed by atoms with Crippen molar-refractivity contribution in [3.63, 3.8) is 0 Å². The van der Waals surface area contributed by atoms with Crippen molar-refractivity contribution in [1.82, 2.24) is 0 Å². The highest BCUT2D eigenvalue weighted by Crippen LogP contribution is 2.28. The molecule has 1 atom stereocenters. The van der Waals surface area contributed by atoms with Crippen molar-refractivity contribution in [2.75, 3.05) is 0 Å². The molecule has 1 nitrogen and oxygen atoms in total. The SMILES string of the molecule is CCCC(CCC)C(N)c1ccccc1F. The average molecular weight is 223 g/mol. The zero-order chi connectivity index (χ0) is 12.0. The van der Waals surface area contributed by atoms with E-state index >= 15 is 0 Å². The molecule has 0 fully saturated rings. The lowest BCUT2D eigenvalue weighted by Gasteiger charge is -2.23. The Morgan fingerprint density at radius 1 is 1.12 bits per heavy atom. The zero-order valence-electron chi connectivity index (χ0n) is 10.2. The Kier molecular flexibility index (Phi) is 5.47. The van der Waals surface area contributed by atoms with Gasteiger partial charge in [0.2, 0.25) is 0 Å². The van der Waals surface area contributed by atoms with Crippen LogP contribution in [-0.2, 0) is 0 Å². The van der Waals surface area contributed by atoms with Crippen LogP contribution < -0.4 is 5.73 Å². The van der Waals surface area contributed by atoms with Crippen molar-refractivity contribution in [2.24, 2.45) is 11.7 Å². The molecule has 1 rings (SSSR count). The first-order valence-electron chi connectivity index (χ1n) is 6.20. The fourth-order valence-electron chi connectivity index (χ4n) is 2.24. The number of hydrogen-bond donors (Lipinski definition) is 1. The maximum atomic E-state index is 13.6. The molecule has 16 heavy (non-hydrogen) atoms. The molecule has 0 bridgehead atoms. The highest BCUT2D eigenvalue weighted by atomic mass is 19.1. The maximum absolute atomic E-state index is 13.6. The summed E-state index contributed by atoms with van der Waals surface area (Å²) in [4.78, 5) is 0. The van der Waals surface area contributed by atoms with Gasteiger partial charge in [-0.05, 0) is 24.8 Å². The molecule has 1 unspecified atom stereocenters. The largest absolute Gasteiger partial charge is 0.324 e. The van der Waals surface area contributed by atoms with E-state index in [1.807, 2.05) is 6.07 Å². The average Bonchev–Trinajstić information content (AvgIpc) is 2.28. The molecule has 0 aliphatic heterocycles. The summed E-state index contributed by atoms with van der Waals surface area (Å²) in [5.41, 5.74) is 6.83. The Morgan fingerprint density at radius 3 is 2.19 bits per heavy atom. The number of benzene rings is 1. The van der Waals surface area contributed by atoms with Crippen LogP contribution in [0.15, 0.2) is 24.3 Å². The first-order chi connectivity index (χ1) is 7.70. The molecule has 2 N–H and O–H groups in total. The molecule has 0 aliphatic carbocycles. The van der Waals surface area contributed by atoms with E-state index in [1.165, 1.54) is 6.07 Å². The van der Waals surface area contributed by atoms with Crippen LogP contribution in [0.3, 0.4) is 0 Å². The monoisotopic (exact) mass is 223 g/mol. The van der Waals surface area contributed by atoms with E-state index in [0.29, 0.717) is 11.5 Å². The van der Waals surface area contributed by atoms with E-state index < -0.39 is 0 Å². The summed E-state index contributed by atoms with van der Waals surface area (Å²) in [5.74, 6) is 0.221. The molecule has 0 saturated carbocycles. The van der Waals surface area contributed by atoms with Crippen LogP contribution in [-0.4, -0.2) is 0 Å². The molecule has 90 valence electrons. The van der Waals surface area contributed by atoms with E-state index in [4.69, 9.17) is 5.73 Å². The van der Waals surface area contributed by atoms with Crippen molar-refractivity contribution < 1.29 is 4.39 Å². The topological polar surface area (TPSA) is 26.0 Å². The first-order valence-corrected chi connectivity index (χ1v) is 6.20. The highest BCUT2D eigenvalue weighted by molar-refractivity contribution is 5.21. The summed E-state index contributed by atoms with van der Waals surface area (Å²) in [6.07, 6.45) is 4.35. The van der Waals surface area contributed by atoms with Gasteiger partial charge in [0.1, 0.15) is 5.82 Å². The zero-order valence-corrected chi connectivity index (χ0v) is 10.2. The summed E-state index contributed by atoms with van der Waals surface area (Å²) in [6, 6.07) is 6.69. The second-order valence-corrected chi connectivity index (χ2v) is 4.38. The van der Waals surface area contributed by atoms with Gasteiger partial charge in [0.05, 0.1) is 0 Å². The van der Waals surface area contributed by atoms with E-state index in [1.54, 1.807) is 12.1 Å². The summed E-state index contributed by atoms with van der Waals surface area (Å²) in [6.45, 7) is 4.30. The molecular weight excluding hydrogens is 201 g/mol. The molecule has 0 aromatic heterocycles. The van der Waals surface area contributed by atoms with Gasteiger partial charge in [-0.3, -0.25) is 0 Å². The summed E-state index contributed by atoms with van der Waals surface area (Å²) in [5, 5.41) is 0.